The van der Waals surface area contributed by atoms with Gasteiger partial charge in [-0.05, 0) is 68.4 Å². The summed E-state index contributed by atoms with van der Waals surface area (Å²) in [5.41, 5.74) is 21.4. The van der Waals surface area contributed by atoms with Gasteiger partial charge in [-0.1, -0.05) is 46.4 Å². The molecule has 612 valence electrons. The van der Waals surface area contributed by atoms with Gasteiger partial charge in [0.1, 0.15) is 40.6 Å². The number of esters is 2. The third-order valence-corrected chi connectivity index (χ3v) is 15.1. The van der Waals surface area contributed by atoms with E-state index in [2.05, 4.69) is 96.8 Å². The number of carbonyl (C=O) groups excluding carboxylic acids is 7. The number of morpholine rings is 4. The van der Waals surface area contributed by atoms with Gasteiger partial charge in [0.25, 0.3) is 11.8 Å². The Bertz CT molecular complexity index is 4230. The molecule has 10 heterocycles. The van der Waals surface area contributed by atoms with Gasteiger partial charge in [-0.25, -0.2) is 43.9 Å². The van der Waals surface area contributed by atoms with Crippen molar-refractivity contribution in [2.75, 3.05) is 146 Å². The average Bonchev–Trinajstić information content (AvgIpc) is 0.858. The number of nitrogens with one attached hydrogen (secondary N) is 5. The Kier molecular flexibility index (Phi) is 37.4. The Morgan fingerprint density at radius 2 is 0.912 bits per heavy atom. The highest BCUT2D eigenvalue weighted by Crippen LogP contribution is 2.24. The van der Waals surface area contributed by atoms with Gasteiger partial charge >= 0.3 is 30.2 Å². The molecule has 113 heavy (non-hydrogen) atoms. The number of carbonyl (C=O) groups is 7. The van der Waals surface area contributed by atoms with Crippen LogP contribution in [0, 0.1) is 22.7 Å². The fraction of sp³-hybridized carbons (Fsp3) is 0.507. The molecule has 5 amide bonds. The van der Waals surface area contributed by atoms with E-state index in [1.54, 1.807) is 20.8 Å². The summed E-state index contributed by atoms with van der Waals surface area (Å²) in [5.74, 6) is -1.61. The summed E-state index contributed by atoms with van der Waals surface area (Å²) in [4.78, 5) is 102. The topological polar surface area (TPSA) is 579 Å². The van der Waals surface area contributed by atoms with Crippen LogP contribution in [0.2, 0.25) is 20.5 Å². The van der Waals surface area contributed by atoms with Crippen molar-refractivity contribution in [1.82, 2.24) is 80.7 Å². The molecule has 10 rings (SSSR count). The number of hydrogen-bond donors (Lipinski definition) is 9. The first-order valence-electron chi connectivity index (χ1n) is 34.3. The number of halogens is 4. The molecule has 6 aromatic heterocycles. The minimum atomic E-state index is -0.716. The van der Waals surface area contributed by atoms with Crippen molar-refractivity contribution >= 4 is 123 Å². The van der Waals surface area contributed by atoms with Crippen molar-refractivity contribution < 1.29 is 76.2 Å². The van der Waals surface area contributed by atoms with Crippen LogP contribution in [-0.4, -0.2) is 278 Å². The van der Waals surface area contributed by atoms with Gasteiger partial charge in [0.2, 0.25) is 0 Å². The lowest BCUT2D eigenvalue weighted by Gasteiger charge is -2.34. The van der Waals surface area contributed by atoms with Gasteiger partial charge in [0.15, 0.2) is 55.4 Å². The number of methoxy groups -OCH3 is 2. The van der Waals surface area contributed by atoms with E-state index in [1.165, 1.54) is 57.2 Å². The van der Waals surface area contributed by atoms with E-state index < -0.39 is 40.6 Å². The van der Waals surface area contributed by atoms with E-state index in [-0.39, 0.29) is 97.3 Å². The standard InChI is InChI=1S/C16H23ClN4O5.C15H22ClN5O4.C15H17N9O2.C10H20N2O3.C6H4Cl2N2O2.C5H4N4/c1-16(2,3)26-15(23)21-5-6-25-10(9-21)8-18-11-7-12(17)19-20-13(11)14(22)24-4;1-15(2,3)25-14(23)21-4-5-24-9(8-21)7-18-10-6-11(16)19-20-12(10)13(17)22;16-4-9-5-21-13(8-19-9)22-12-3-11(14(15(17)25)24-23-12)20-7-10-6-18-1-2-26-10;1-10(2,3)15-9(13)12-4-5-14-8(6-11)7-12;1-12-6(11)5-3(7)2-4(8)9-10-5;6-1-4-2-9-5(7)3-8-4/h7,10H,5-6,8-9H2,1-4H3,(H,18,19);6,9H,4-5,7-8H2,1-3H3,(H2,17,22)(H,18,19);3,5,8,10,18H,1-2,6-7H2,(H2,17,25)(H2,20,21,22,23);8H,4-7,11H2,1-3H3;2H,1H3;2-3H,(H2,7,9). The van der Waals surface area contributed by atoms with Gasteiger partial charge in [0.05, 0.1) is 132 Å². The molecular formula is C67H90Cl4N26O16. The summed E-state index contributed by atoms with van der Waals surface area (Å²) < 4.78 is 47.4. The fourth-order valence-corrected chi connectivity index (χ4v) is 9.93. The summed E-state index contributed by atoms with van der Waals surface area (Å²) in [7, 11) is 2.49. The number of rotatable bonds is 16. The Hall–Kier alpha value is -10.9. The molecule has 4 fully saturated rings. The highest BCUT2D eigenvalue weighted by molar-refractivity contribution is 6.35. The van der Waals surface area contributed by atoms with E-state index in [9.17, 15) is 33.6 Å². The van der Waals surface area contributed by atoms with Crippen molar-refractivity contribution in [3.8, 4) is 12.1 Å². The monoisotopic (exact) mass is 1650 g/mol. The van der Waals surface area contributed by atoms with Crippen molar-refractivity contribution in [2.45, 2.75) is 104 Å². The minimum Gasteiger partial charge on any atom is -0.464 e. The zero-order valence-electron chi connectivity index (χ0n) is 63.7. The van der Waals surface area contributed by atoms with Crippen LogP contribution in [0.1, 0.15) is 116 Å². The van der Waals surface area contributed by atoms with Gasteiger partial charge in [-0.3, -0.25) is 9.59 Å². The zero-order chi connectivity index (χ0) is 83.6. The summed E-state index contributed by atoms with van der Waals surface area (Å²) in [6.45, 7) is 24.3. The fourth-order valence-electron chi connectivity index (χ4n) is 9.21. The number of primary amides is 2. The van der Waals surface area contributed by atoms with E-state index in [0.717, 1.165) is 6.54 Å². The molecule has 13 N–H and O–H groups in total. The first kappa shape index (κ1) is 92.7. The number of nitriles is 2. The third-order valence-electron chi connectivity index (χ3n) is 14.3. The molecule has 46 heteroatoms. The van der Waals surface area contributed by atoms with Gasteiger partial charge in [-0.15, -0.1) is 40.8 Å². The number of aromatic nitrogens is 12. The molecular weight excluding hydrogens is 1570 g/mol. The number of nitrogen functional groups attached to an aromatic ring is 1. The largest absolute Gasteiger partial charge is 0.464 e. The maximum atomic E-state index is 12.2. The summed E-state index contributed by atoms with van der Waals surface area (Å²) in [6.07, 6.45) is 3.70. The smallest absolute Gasteiger partial charge is 0.410 e. The number of nitrogens with two attached hydrogens (primary N) is 4. The average molecular weight is 1660 g/mol. The van der Waals surface area contributed by atoms with Gasteiger partial charge < -0.3 is 107 Å². The predicted octanol–water partition coefficient (Wildman–Crippen LogP) is 4.70. The molecule has 0 spiro atoms. The van der Waals surface area contributed by atoms with Gasteiger partial charge in [0, 0.05) is 77.1 Å². The van der Waals surface area contributed by atoms with Gasteiger partial charge in [-0.2, -0.15) is 10.5 Å². The third kappa shape index (κ3) is 33.9. The highest BCUT2D eigenvalue weighted by Gasteiger charge is 2.32. The normalized spacial score (nSPS) is 16.5. The second-order valence-electron chi connectivity index (χ2n) is 26.7. The highest BCUT2D eigenvalue weighted by atomic mass is 35.5. The van der Waals surface area contributed by atoms with Crippen LogP contribution in [-0.2, 0) is 42.6 Å². The van der Waals surface area contributed by atoms with E-state index in [1.807, 2.05) is 74.5 Å². The molecule has 4 unspecified atom stereocenters. The Morgan fingerprint density at radius 3 is 1.32 bits per heavy atom. The lowest BCUT2D eigenvalue weighted by molar-refractivity contribution is -0.0384. The maximum absolute atomic E-state index is 12.2. The van der Waals surface area contributed by atoms with E-state index in [0.29, 0.717) is 133 Å². The molecule has 0 aliphatic carbocycles. The first-order chi connectivity index (χ1) is 53.4. The predicted molar refractivity (Wildman–Crippen MR) is 409 cm³/mol. The minimum absolute atomic E-state index is 0.00999. The zero-order valence-corrected chi connectivity index (χ0v) is 66.7. The molecule has 42 nitrogen and oxygen atoms in total. The van der Waals surface area contributed by atoms with Crippen molar-refractivity contribution in [3.05, 3.63) is 104 Å². The molecule has 0 saturated carbocycles. The van der Waals surface area contributed by atoms with Crippen LogP contribution in [0.4, 0.5) is 48.9 Å². The first-order valence-corrected chi connectivity index (χ1v) is 35.8. The number of hydrogen-bond acceptors (Lipinski definition) is 37. The lowest BCUT2D eigenvalue weighted by Crippen LogP contribution is -2.49. The summed E-state index contributed by atoms with van der Waals surface area (Å²) in [6, 6.07) is 9.58. The van der Waals surface area contributed by atoms with Crippen molar-refractivity contribution in [3.63, 3.8) is 0 Å². The molecule has 4 aliphatic heterocycles. The van der Waals surface area contributed by atoms with Crippen LogP contribution >= 0.6 is 46.4 Å². The summed E-state index contributed by atoms with van der Waals surface area (Å²) in [5, 5.41) is 62.2. The Morgan fingerprint density at radius 1 is 0.513 bits per heavy atom. The second-order valence-corrected chi connectivity index (χ2v) is 28.3. The van der Waals surface area contributed by atoms with E-state index >= 15 is 0 Å². The van der Waals surface area contributed by atoms with Crippen LogP contribution < -0.4 is 49.5 Å². The molecule has 4 aliphatic rings. The van der Waals surface area contributed by atoms with Crippen molar-refractivity contribution in [1.29, 1.82) is 10.5 Å². The lowest BCUT2D eigenvalue weighted by atomic mass is 10.2. The van der Waals surface area contributed by atoms with Crippen LogP contribution in [0.3, 0.4) is 0 Å². The second kappa shape index (κ2) is 45.5. The Balaban J connectivity index is 0.000000251. The molecule has 0 bridgehead atoms. The molecule has 4 saturated heterocycles. The summed E-state index contributed by atoms with van der Waals surface area (Å²) >= 11 is 22.7. The molecule has 0 radical (unpaired) electrons. The quantitative estimate of drug-likeness (QED) is 0.0468. The Labute approximate surface area is 669 Å². The molecule has 6 aromatic rings. The number of anilines is 6. The number of amides is 5. The SMILES string of the molecule is CC(C)(C)OC(=O)N1CCOC(CN)C1.CC(C)(C)OC(=O)N1CCOC(CNc2cc(Cl)nnc2C(N)=O)C1.COC(=O)c1nnc(Cl)cc1Cl.COC(=O)c1nnc(Cl)cc1NCC1CN(C(=O)OC(C)(C)C)CCO1.N#Cc1cnc(N)cn1.N#Cc1cnc(Nc2cc(NCC3CNCCO3)c(C(N)=O)nn2)cn1. The van der Waals surface area contributed by atoms with Crippen LogP contribution in [0.15, 0.2) is 49.1 Å². The molecule has 4 atom stereocenters. The number of nitrogens with zero attached hydrogens (tertiary/aromatic N) is 17. The van der Waals surface area contributed by atoms with E-state index in [4.69, 9.17) is 113 Å². The molecule has 0 aromatic carbocycles. The van der Waals surface area contributed by atoms with Crippen LogP contribution in [0.25, 0.3) is 0 Å². The van der Waals surface area contributed by atoms with Crippen molar-refractivity contribution in [2.24, 2.45) is 17.2 Å². The number of ether oxygens (including phenoxy) is 9. The van der Waals surface area contributed by atoms with Crippen LogP contribution in [0.5, 0.6) is 0 Å². The maximum Gasteiger partial charge on any atom is 0.410 e.